The minimum atomic E-state index is -1.13. The van der Waals surface area contributed by atoms with Crippen molar-refractivity contribution >= 4 is 0 Å². The number of hydrogen-bond acceptors (Lipinski definition) is 5. The Balaban J connectivity index is 2.15. The number of nitrogens with zero attached hydrogens (tertiary/aromatic N) is 1. The average Bonchev–Trinajstić information content (AvgIpc) is 2.43. The molecule has 4 N–H and O–H groups in total. The van der Waals surface area contributed by atoms with E-state index in [1.165, 1.54) is 0 Å². The van der Waals surface area contributed by atoms with Crippen LogP contribution in [0.25, 0.3) is 0 Å². The zero-order chi connectivity index (χ0) is 9.59. The van der Waals surface area contributed by atoms with Crippen molar-refractivity contribution < 1.29 is 20.4 Å². The van der Waals surface area contributed by atoms with Gasteiger partial charge >= 0.3 is 0 Å². The second-order valence-electron chi connectivity index (χ2n) is 3.89. The van der Waals surface area contributed by atoms with Crippen LogP contribution in [0.3, 0.4) is 0 Å². The maximum absolute atomic E-state index is 9.58. The average molecular weight is 189 g/mol. The zero-order valence-corrected chi connectivity index (χ0v) is 7.24. The molecular weight excluding hydrogens is 174 g/mol. The van der Waals surface area contributed by atoms with Gasteiger partial charge in [0.2, 0.25) is 0 Å². The SMILES string of the molecule is O[C@@H]1[C@H](O)[C@H]2[C@H](O)CCN2C[C@@H]1O. The van der Waals surface area contributed by atoms with Gasteiger partial charge in [-0.1, -0.05) is 0 Å². The lowest BCUT2D eigenvalue weighted by Crippen LogP contribution is -2.61. The first-order chi connectivity index (χ1) is 6.11. The van der Waals surface area contributed by atoms with Crippen LogP contribution in [0.1, 0.15) is 6.42 Å². The third kappa shape index (κ3) is 1.37. The smallest absolute Gasteiger partial charge is 0.109 e. The van der Waals surface area contributed by atoms with E-state index in [2.05, 4.69) is 0 Å². The van der Waals surface area contributed by atoms with Gasteiger partial charge in [-0.25, -0.2) is 0 Å². The molecule has 0 aromatic carbocycles. The van der Waals surface area contributed by atoms with Crippen molar-refractivity contribution in [2.24, 2.45) is 0 Å². The van der Waals surface area contributed by atoms with Crippen molar-refractivity contribution in [2.75, 3.05) is 13.1 Å². The van der Waals surface area contributed by atoms with Gasteiger partial charge < -0.3 is 20.4 Å². The lowest BCUT2D eigenvalue weighted by atomic mass is 9.93. The number of fused-ring (bicyclic) bond motifs is 1. The highest BCUT2D eigenvalue weighted by Crippen LogP contribution is 2.27. The van der Waals surface area contributed by atoms with Gasteiger partial charge in [-0.05, 0) is 6.42 Å². The summed E-state index contributed by atoms with van der Waals surface area (Å²) in [4.78, 5) is 1.83. The predicted octanol–water partition coefficient (Wildman–Crippen LogP) is -2.48. The molecule has 2 fully saturated rings. The zero-order valence-electron chi connectivity index (χ0n) is 7.24. The molecule has 5 heteroatoms. The van der Waals surface area contributed by atoms with Crippen LogP contribution in [-0.4, -0.2) is 68.9 Å². The van der Waals surface area contributed by atoms with Crippen molar-refractivity contribution in [2.45, 2.75) is 36.9 Å². The molecule has 0 unspecified atom stereocenters. The summed E-state index contributed by atoms with van der Waals surface area (Å²) in [5, 5.41) is 37.8. The first-order valence-electron chi connectivity index (χ1n) is 4.57. The summed E-state index contributed by atoms with van der Waals surface area (Å²) in [7, 11) is 0. The predicted molar refractivity (Wildman–Crippen MR) is 44.0 cm³/mol. The Morgan fingerprint density at radius 1 is 0.923 bits per heavy atom. The molecule has 2 rings (SSSR count). The first kappa shape index (κ1) is 9.36. The highest BCUT2D eigenvalue weighted by atomic mass is 16.4. The topological polar surface area (TPSA) is 84.2 Å². The molecule has 0 aliphatic carbocycles. The number of piperidine rings is 1. The van der Waals surface area contributed by atoms with Gasteiger partial charge in [-0.2, -0.15) is 0 Å². The Bertz CT molecular complexity index is 201. The van der Waals surface area contributed by atoms with Gasteiger partial charge in [-0.15, -0.1) is 0 Å². The number of aliphatic hydroxyl groups excluding tert-OH is 4. The summed E-state index contributed by atoms with van der Waals surface area (Å²) < 4.78 is 0. The normalized spacial score (nSPS) is 52.2. The Labute approximate surface area is 76.2 Å². The number of aliphatic hydroxyl groups is 4. The van der Waals surface area contributed by atoms with Crippen LogP contribution >= 0.6 is 0 Å². The molecule has 5 atom stereocenters. The summed E-state index contributed by atoms with van der Waals surface area (Å²) in [6, 6.07) is -0.404. The fraction of sp³-hybridized carbons (Fsp3) is 1.00. The van der Waals surface area contributed by atoms with Gasteiger partial charge in [0.1, 0.15) is 12.2 Å². The summed E-state index contributed by atoms with van der Waals surface area (Å²) in [5.41, 5.74) is 0. The standard InChI is InChI=1S/C8H15NO4/c10-4-1-2-9-3-5(11)7(12)8(13)6(4)9/h4-8,10-13H,1-3H2/t4-,5+,6-,7+,8-/m1/s1. The minimum absolute atomic E-state index is 0.333. The second-order valence-corrected chi connectivity index (χ2v) is 3.89. The molecule has 2 heterocycles. The fourth-order valence-corrected chi connectivity index (χ4v) is 2.30. The van der Waals surface area contributed by atoms with Gasteiger partial charge in [0.25, 0.3) is 0 Å². The number of rotatable bonds is 0. The third-order valence-corrected chi connectivity index (χ3v) is 3.04. The largest absolute Gasteiger partial charge is 0.391 e. The summed E-state index contributed by atoms with van der Waals surface area (Å²) in [6.07, 6.45) is -3.06. The Morgan fingerprint density at radius 3 is 2.31 bits per heavy atom. The van der Waals surface area contributed by atoms with E-state index in [1.54, 1.807) is 0 Å². The maximum Gasteiger partial charge on any atom is 0.109 e. The molecule has 13 heavy (non-hydrogen) atoms. The van der Waals surface area contributed by atoms with E-state index in [9.17, 15) is 20.4 Å². The van der Waals surface area contributed by atoms with Crippen molar-refractivity contribution in [3.63, 3.8) is 0 Å². The van der Waals surface area contributed by atoms with Crippen LogP contribution in [0.15, 0.2) is 0 Å². The van der Waals surface area contributed by atoms with E-state index in [4.69, 9.17) is 0 Å². The first-order valence-corrected chi connectivity index (χ1v) is 4.57. The highest BCUT2D eigenvalue weighted by Gasteiger charge is 2.47. The van der Waals surface area contributed by atoms with E-state index in [1.807, 2.05) is 4.90 Å². The van der Waals surface area contributed by atoms with Crippen molar-refractivity contribution in [1.29, 1.82) is 0 Å². The molecule has 5 nitrogen and oxygen atoms in total. The molecule has 0 amide bonds. The van der Waals surface area contributed by atoms with E-state index >= 15 is 0 Å². The van der Waals surface area contributed by atoms with Crippen molar-refractivity contribution in [3.05, 3.63) is 0 Å². The van der Waals surface area contributed by atoms with Crippen molar-refractivity contribution in [1.82, 2.24) is 4.90 Å². The molecule has 2 aliphatic rings. The van der Waals surface area contributed by atoms with Crippen LogP contribution in [0.2, 0.25) is 0 Å². The van der Waals surface area contributed by atoms with Crippen LogP contribution in [0, 0.1) is 0 Å². The molecule has 0 saturated carbocycles. The van der Waals surface area contributed by atoms with Crippen molar-refractivity contribution in [3.8, 4) is 0 Å². The Hall–Kier alpha value is -0.200. The molecule has 2 saturated heterocycles. The summed E-state index contributed by atoms with van der Waals surface area (Å²) >= 11 is 0. The molecule has 0 radical (unpaired) electrons. The van der Waals surface area contributed by atoms with Gasteiger partial charge in [0.15, 0.2) is 0 Å². The molecule has 0 spiro atoms. The van der Waals surface area contributed by atoms with Crippen LogP contribution in [-0.2, 0) is 0 Å². The minimum Gasteiger partial charge on any atom is -0.391 e. The van der Waals surface area contributed by atoms with Gasteiger partial charge in [-0.3, -0.25) is 4.90 Å². The summed E-state index contributed by atoms with van der Waals surface area (Å²) in [5.74, 6) is 0. The Kier molecular flexibility index (Phi) is 2.29. The summed E-state index contributed by atoms with van der Waals surface area (Å²) in [6.45, 7) is 1.01. The lowest BCUT2D eigenvalue weighted by molar-refractivity contribution is -0.140. The van der Waals surface area contributed by atoms with Crippen LogP contribution < -0.4 is 0 Å². The molecule has 0 bridgehead atoms. The van der Waals surface area contributed by atoms with Crippen LogP contribution in [0.4, 0.5) is 0 Å². The quantitative estimate of drug-likeness (QED) is 0.339. The molecule has 0 aromatic heterocycles. The van der Waals surface area contributed by atoms with Gasteiger partial charge in [0, 0.05) is 13.1 Å². The van der Waals surface area contributed by atoms with E-state index < -0.39 is 30.5 Å². The maximum atomic E-state index is 9.58. The van der Waals surface area contributed by atoms with E-state index in [0.717, 1.165) is 0 Å². The second kappa shape index (κ2) is 3.18. The van der Waals surface area contributed by atoms with Gasteiger partial charge in [0.05, 0.1) is 18.2 Å². The monoisotopic (exact) mass is 189 g/mol. The fourth-order valence-electron chi connectivity index (χ4n) is 2.30. The molecule has 2 aliphatic heterocycles. The van der Waals surface area contributed by atoms with E-state index in [0.29, 0.717) is 19.5 Å². The van der Waals surface area contributed by atoms with Crippen LogP contribution in [0.5, 0.6) is 0 Å². The Morgan fingerprint density at radius 2 is 1.62 bits per heavy atom. The highest BCUT2D eigenvalue weighted by molar-refractivity contribution is 5.01. The third-order valence-electron chi connectivity index (χ3n) is 3.04. The molecule has 76 valence electrons. The van der Waals surface area contributed by atoms with E-state index in [-0.39, 0.29) is 0 Å². The molecular formula is C8H15NO4. The lowest BCUT2D eigenvalue weighted by Gasteiger charge is -2.40. The molecule has 0 aromatic rings. The number of hydrogen-bond donors (Lipinski definition) is 4.